The van der Waals surface area contributed by atoms with Crippen molar-refractivity contribution < 1.29 is 14.3 Å². The maximum Gasteiger partial charge on any atom is 0.288 e. The van der Waals surface area contributed by atoms with Crippen molar-refractivity contribution in [1.82, 2.24) is 5.01 Å². The molecule has 2 amide bonds. The largest absolute Gasteiger partial charge is 0.484 e. The molecule has 0 fully saturated rings. The van der Waals surface area contributed by atoms with Crippen molar-refractivity contribution in [3.05, 3.63) is 69.7 Å². The molecule has 0 aromatic heterocycles. The summed E-state index contributed by atoms with van der Waals surface area (Å²) in [6, 6.07) is 13.6. The molecule has 0 unspecified atom stereocenters. The number of hydrogen-bond acceptors (Lipinski definition) is 4. The van der Waals surface area contributed by atoms with Gasteiger partial charge in [-0.2, -0.15) is 10.1 Å². The van der Waals surface area contributed by atoms with Crippen LogP contribution in [-0.2, 0) is 9.59 Å². The van der Waals surface area contributed by atoms with Gasteiger partial charge in [-0.05, 0) is 55.0 Å². The van der Waals surface area contributed by atoms with Crippen LogP contribution in [0.3, 0.4) is 0 Å². The van der Waals surface area contributed by atoms with Crippen molar-refractivity contribution in [1.29, 1.82) is 0 Å². The van der Waals surface area contributed by atoms with Crippen molar-refractivity contribution in [3.63, 3.8) is 0 Å². The molecule has 1 heterocycles. The summed E-state index contributed by atoms with van der Waals surface area (Å²) in [5, 5.41) is 6.04. The van der Waals surface area contributed by atoms with Gasteiger partial charge in [0.2, 0.25) is 0 Å². The Labute approximate surface area is 160 Å². The Hall–Kier alpha value is -2.63. The number of imide groups is 1. The Morgan fingerprint density at radius 2 is 1.65 bits per heavy atom. The lowest BCUT2D eigenvalue weighted by Gasteiger charge is -2.11. The van der Waals surface area contributed by atoms with Gasteiger partial charge in [0, 0.05) is 10.0 Å². The number of amides is 2. The topological polar surface area (TPSA) is 59.0 Å². The van der Waals surface area contributed by atoms with Crippen molar-refractivity contribution in [2.45, 2.75) is 6.92 Å². The fourth-order valence-corrected chi connectivity index (χ4v) is 2.57. The zero-order valence-corrected chi connectivity index (χ0v) is 15.3. The number of ether oxygens (including phenoxy) is 1. The Bertz CT molecular complexity index is 903. The third kappa shape index (κ3) is 4.12. The molecule has 5 nitrogen and oxygen atoms in total. The molecule has 1 aliphatic heterocycles. The molecule has 26 heavy (non-hydrogen) atoms. The van der Waals surface area contributed by atoms with E-state index in [4.69, 9.17) is 27.9 Å². The molecule has 2 aromatic carbocycles. The van der Waals surface area contributed by atoms with E-state index in [9.17, 15) is 9.59 Å². The zero-order valence-electron chi connectivity index (χ0n) is 13.8. The van der Waals surface area contributed by atoms with E-state index >= 15 is 0 Å². The number of carbonyl (C=O) groups excluding carboxylic acids is 2. The van der Waals surface area contributed by atoms with Crippen molar-refractivity contribution in [2.75, 3.05) is 6.61 Å². The second-order valence-corrected chi connectivity index (χ2v) is 6.42. The van der Waals surface area contributed by atoms with Gasteiger partial charge in [0.1, 0.15) is 5.75 Å². The number of benzene rings is 2. The van der Waals surface area contributed by atoms with Crippen LogP contribution in [0.1, 0.15) is 12.5 Å². The highest BCUT2D eigenvalue weighted by Crippen LogP contribution is 2.20. The lowest BCUT2D eigenvalue weighted by atomic mass is 10.1. The summed E-state index contributed by atoms with van der Waals surface area (Å²) in [7, 11) is 0. The van der Waals surface area contributed by atoms with Crippen molar-refractivity contribution in [2.24, 2.45) is 5.10 Å². The molecule has 0 atom stereocenters. The summed E-state index contributed by atoms with van der Waals surface area (Å²) < 4.78 is 5.38. The van der Waals surface area contributed by atoms with Gasteiger partial charge in [-0.25, -0.2) is 0 Å². The molecule has 0 saturated carbocycles. The minimum atomic E-state index is -0.552. The number of rotatable bonds is 4. The van der Waals surface area contributed by atoms with Crippen LogP contribution in [0.25, 0.3) is 6.08 Å². The second kappa shape index (κ2) is 7.72. The lowest BCUT2D eigenvalue weighted by Crippen LogP contribution is -2.33. The number of hydrogen-bond donors (Lipinski definition) is 0. The lowest BCUT2D eigenvalue weighted by molar-refractivity contribution is -0.142. The normalized spacial score (nSPS) is 15.3. The monoisotopic (exact) mass is 388 g/mol. The summed E-state index contributed by atoms with van der Waals surface area (Å²) in [5.41, 5.74) is 1.61. The first-order valence-corrected chi connectivity index (χ1v) is 8.48. The first-order valence-electron chi connectivity index (χ1n) is 7.72. The summed E-state index contributed by atoms with van der Waals surface area (Å²) in [6.07, 6.45) is 1.67. The highest BCUT2D eigenvalue weighted by molar-refractivity contribution is 6.31. The smallest absolute Gasteiger partial charge is 0.288 e. The maximum absolute atomic E-state index is 12.5. The molecule has 7 heteroatoms. The third-order valence-corrected chi connectivity index (χ3v) is 4.16. The van der Waals surface area contributed by atoms with Gasteiger partial charge in [-0.1, -0.05) is 35.3 Å². The summed E-state index contributed by atoms with van der Waals surface area (Å²) in [4.78, 5) is 24.8. The van der Waals surface area contributed by atoms with Crippen molar-refractivity contribution in [3.8, 4) is 5.75 Å². The van der Waals surface area contributed by atoms with Gasteiger partial charge in [-0.15, -0.1) is 0 Å². The van der Waals surface area contributed by atoms with Crippen LogP contribution >= 0.6 is 23.2 Å². The molecule has 0 radical (unpaired) electrons. The molecule has 3 rings (SSSR count). The molecule has 0 bridgehead atoms. The molecule has 0 aliphatic carbocycles. The van der Waals surface area contributed by atoms with Crippen LogP contribution in [0.2, 0.25) is 10.0 Å². The van der Waals surface area contributed by atoms with Gasteiger partial charge in [-0.3, -0.25) is 9.59 Å². The van der Waals surface area contributed by atoms with Crippen LogP contribution in [-0.4, -0.2) is 29.1 Å². The van der Waals surface area contributed by atoms with Crippen LogP contribution in [0.4, 0.5) is 0 Å². The van der Waals surface area contributed by atoms with E-state index in [1.807, 2.05) is 0 Å². The van der Waals surface area contributed by atoms with Crippen LogP contribution in [0, 0.1) is 0 Å². The van der Waals surface area contributed by atoms with Gasteiger partial charge in [0.05, 0.1) is 11.3 Å². The van der Waals surface area contributed by atoms with E-state index in [2.05, 4.69) is 5.10 Å². The molecule has 2 aromatic rings. The van der Waals surface area contributed by atoms with E-state index in [-0.39, 0.29) is 6.61 Å². The Morgan fingerprint density at radius 1 is 1.08 bits per heavy atom. The number of halogens is 2. The summed E-state index contributed by atoms with van der Waals surface area (Å²) in [6.45, 7) is 1.37. The van der Waals surface area contributed by atoms with E-state index in [1.165, 1.54) is 0 Å². The van der Waals surface area contributed by atoms with Gasteiger partial charge in [0.25, 0.3) is 11.8 Å². The Morgan fingerprint density at radius 3 is 2.27 bits per heavy atom. The minimum absolute atomic E-state index is 0.307. The van der Waals surface area contributed by atoms with Gasteiger partial charge in [0.15, 0.2) is 6.61 Å². The molecular formula is C19H14Cl2N2O3. The van der Waals surface area contributed by atoms with Crippen LogP contribution < -0.4 is 4.74 Å². The third-order valence-electron chi connectivity index (χ3n) is 3.66. The first-order chi connectivity index (χ1) is 12.4. The van der Waals surface area contributed by atoms with Crippen molar-refractivity contribution >= 4 is 46.8 Å². The SMILES string of the molecule is CC1=NN(C(=O)COc2ccc(Cl)cc2)C(=O)/C1=C/c1ccc(Cl)cc1. The predicted octanol–water partition coefficient (Wildman–Crippen LogP) is 4.20. The molecule has 132 valence electrons. The quantitative estimate of drug-likeness (QED) is 0.737. The molecule has 0 spiro atoms. The number of carbonyl (C=O) groups is 2. The molecule has 0 N–H and O–H groups in total. The van der Waals surface area contributed by atoms with E-state index in [1.54, 1.807) is 61.5 Å². The van der Waals surface area contributed by atoms with E-state index in [0.717, 1.165) is 10.6 Å². The fourth-order valence-electron chi connectivity index (χ4n) is 2.32. The van der Waals surface area contributed by atoms with E-state index < -0.39 is 11.8 Å². The molecular weight excluding hydrogens is 375 g/mol. The van der Waals surface area contributed by atoms with Gasteiger partial charge >= 0.3 is 0 Å². The van der Waals surface area contributed by atoms with Crippen LogP contribution in [0.5, 0.6) is 5.75 Å². The summed E-state index contributed by atoms with van der Waals surface area (Å²) in [5.74, 6) is -0.557. The number of hydrazone groups is 1. The second-order valence-electron chi connectivity index (χ2n) is 5.55. The predicted molar refractivity (Wildman–Crippen MR) is 101 cm³/mol. The number of nitrogens with zero attached hydrogens (tertiary/aromatic N) is 2. The Balaban J connectivity index is 1.69. The van der Waals surface area contributed by atoms with Gasteiger partial charge < -0.3 is 4.74 Å². The first kappa shape index (κ1) is 18.2. The molecule has 1 aliphatic rings. The maximum atomic E-state index is 12.5. The highest BCUT2D eigenvalue weighted by atomic mass is 35.5. The highest BCUT2D eigenvalue weighted by Gasteiger charge is 2.32. The standard InChI is InChI=1S/C19H14Cl2N2O3/c1-12-17(10-13-2-4-14(20)5-3-13)19(25)23(22-12)18(24)11-26-16-8-6-15(21)7-9-16/h2-10H,11H2,1H3/b17-10+. The fraction of sp³-hybridized carbons (Fsp3) is 0.105. The van der Waals surface area contributed by atoms with Crippen LogP contribution in [0.15, 0.2) is 59.2 Å². The average Bonchev–Trinajstić information content (AvgIpc) is 2.91. The van der Waals surface area contributed by atoms with E-state index in [0.29, 0.717) is 27.1 Å². The molecule has 0 saturated heterocycles. The minimum Gasteiger partial charge on any atom is -0.484 e. The Kier molecular flexibility index (Phi) is 5.40. The average molecular weight is 389 g/mol. The zero-order chi connectivity index (χ0) is 18.7. The summed E-state index contributed by atoms with van der Waals surface area (Å²) >= 11 is 11.7.